The fraction of sp³-hybridized carbons (Fsp3) is 0.231. The number of ether oxygens (including phenoxy) is 1. The first-order chi connectivity index (χ1) is 9.96. The van der Waals surface area contributed by atoms with Crippen molar-refractivity contribution in [2.75, 3.05) is 18.9 Å². The van der Waals surface area contributed by atoms with E-state index in [9.17, 15) is 8.42 Å². The summed E-state index contributed by atoms with van der Waals surface area (Å²) >= 11 is 7.38. The number of benzene rings is 1. The monoisotopic (exact) mass is 346 g/mol. The molecule has 0 radical (unpaired) electrons. The largest absolute Gasteiger partial charge is 0.495 e. The topological polar surface area (TPSA) is 67.4 Å². The Bertz CT molecular complexity index is 729. The number of methoxy groups -OCH3 is 1. The van der Waals surface area contributed by atoms with E-state index >= 15 is 0 Å². The third-order valence-corrected chi connectivity index (χ3v) is 5.44. The molecule has 1 aromatic carbocycles. The molecule has 1 heterocycles. The van der Waals surface area contributed by atoms with E-state index in [-0.39, 0.29) is 4.90 Å². The number of nitrogens with one attached hydrogen (secondary N) is 2. The minimum atomic E-state index is -3.61. The predicted molar refractivity (Wildman–Crippen MR) is 85.9 cm³/mol. The Hall–Kier alpha value is -1.28. The van der Waals surface area contributed by atoms with E-state index in [0.29, 0.717) is 23.0 Å². The Morgan fingerprint density at radius 2 is 2.10 bits per heavy atom. The zero-order chi connectivity index (χ0) is 15.5. The predicted octanol–water partition coefficient (Wildman–Crippen LogP) is 2.93. The van der Waals surface area contributed by atoms with Gasteiger partial charge in [0, 0.05) is 16.8 Å². The van der Waals surface area contributed by atoms with E-state index in [0.717, 1.165) is 4.88 Å². The molecule has 8 heteroatoms. The number of rotatable bonds is 6. The first kappa shape index (κ1) is 16.1. The number of hydrogen-bond acceptors (Lipinski definition) is 5. The molecular formula is C13H15ClN2O3S2. The molecule has 0 spiro atoms. The van der Waals surface area contributed by atoms with Crippen molar-refractivity contribution in [3.05, 3.63) is 39.5 Å². The molecule has 0 atom stereocenters. The van der Waals surface area contributed by atoms with E-state index in [1.54, 1.807) is 23.6 Å². The third-order valence-electron chi connectivity index (χ3n) is 2.70. The maximum absolute atomic E-state index is 12.3. The lowest BCUT2D eigenvalue weighted by molar-refractivity contribution is 0.415. The number of halogens is 1. The summed E-state index contributed by atoms with van der Waals surface area (Å²) in [6.45, 7) is 0.633. The normalized spacial score (nSPS) is 11.4. The summed E-state index contributed by atoms with van der Waals surface area (Å²) in [5, 5.41) is 4.94. The molecule has 114 valence electrons. The van der Waals surface area contributed by atoms with Gasteiger partial charge in [0.25, 0.3) is 10.0 Å². The van der Waals surface area contributed by atoms with Crippen molar-refractivity contribution in [1.82, 2.24) is 5.32 Å². The Balaban J connectivity index is 2.22. The van der Waals surface area contributed by atoms with Crippen molar-refractivity contribution in [2.24, 2.45) is 0 Å². The van der Waals surface area contributed by atoms with Crippen LogP contribution in [0.1, 0.15) is 4.88 Å². The number of sulfonamides is 1. The summed E-state index contributed by atoms with van der Waals surface area (Å²) in [5.41, 5.74) is 0.391. The van der Waals surface area contributed by atoms with Crippen LogP contribution >= 0.6 is 22.9 Å². The van der Waals surface area contributed by atoms with Gasteiger partial charge in [0.1, 0.15) is 5.75 Å². The molecule has 21 heavy (non-hydrogen) atoms. The molecular weight excluding hydrogens is 332 g/mol. The van der Waals surface area contributed by atoms with Gasteiger partial charge in [-0.05, 0) is 31.3 Å². The van der Waals surface area contributed by atoms with Crippen LogP contribution in [0.4, 0.5) is 5.69 Å². The van der Waals surface area contributed by atoms with Crippen LogP contribution < -0.4 is 14.8 Å². The second-order valence-corrected chi connectivity index (χ2v) is 7.32. The van der Waals surface area contributed by atoms with Crippen molar-refractivity contribution in [3.8, 4) is 5.75 Å². The second-order valence-electron chi connectivity index (χ2n) is 4.23. The number of hydrogen-bond donors (Lipinski definition) is 2. The molecule has 0 saturated carbocycles. The van der Waals surface area contributed by atoms with Gasteiger partial charge in [-0.15, -0.1) is 11.3 Å². The third kappa shape index (κ3) is 3.88. The molecule has 1 aromatic heterocycles. The van der Waals surface area contributed by atoms with Crippen LogP contribution in [0.3, 0.4) is 0 Å². The number of anilines is 1. The smallest absolute Gasteiger partial charge is 0.262 e. The lowest BCUT2D eigenvalue weighted by Crippen LogP contribution is -2.12. The molecule has 2 N–H and O–H groups in total. The average molecular weight is 347 g/mol. The zero-order valence-electron chi connectivity index (χ0n) is 11.5. The second kappa shape index (κ2) is 6.65. The van der Waals surface area contributed by atoms with Crippen molar-refractivity contribution >= 4 is 38.6 Å². The van der Waals surface area contributed by atoms with Crippen molar-refractivity contribution < 1.29 is 13.2 Å². The van der Waals surface area contributed by atoms with E-state index < -0.39 is 10.0 Å². The molecule has 5 nitrogen and oxygen atoms in total. The van der Waals surface area contributed by atoms with Crippen LogP contribution in [-0.4, -0.2) is 22.6 Å². The van der Waals surface area contributed by atoms with E-state index in [1.807, 2.05) is 7.05 Å². The fourth-order valence-electron chi connectivity index (χ4n) is 1.71. The van der Waals surface area contributed by atoms with Crippen LogP contribution in [0.5, 0.6) is 5.75 Å². The summed E-state index contributed by atoms with van der Waals surface area (Å²) in [7, 11) is -0.303. The maximum Gasteiger partial charge on any atom is 0.262 e. The summed E-state index contributed by atoms with van der Waals surface area (Å²) < 4.78 is 32.1. The first-order valence-electron chi connectivity index (χ1n) is 6.04. The molecule has 0 unspecified atom stereocenters. The standard InChI is InChI=1S/C13H15ClN2O3S2/c1-15-7-10-6-11(8-20-10)21(17,18)16-9-3-4-13(19-2)12(14)5-9/h3-6,8,15-16H,7H2,1-2H3. The Labute approximate surface area is 133 Å². The molecule has 0 fully saturated rings. The fourth-order valence-corrected chi connectivity index (χ4v) is 4.31. The van der Waals surface area contributed by atoms with Crippen molar-refractivity contribution in [1.29, 1.82) is 0 Å². The van der Waals surface area contributed by atoms with E-state index in [4.69, 9.17) is 16.3 Å². The molecule has 0 aliphatic heterocycles. The summed E-state index contributed by atoms with van der Waals surface area (Å²) in [4.78, 5) is 1.19. The first-order valence-corrected chi connectivity index (χ1v) is 8.78. The quantitative estimate of drug-likeness (QED) is 0.844. The van der Waals surface area contributed by atoms with Crippen LogP contribution in [0.2, 0.25) is 5.02 Å². The van der Waals surface area contributed by atoms with Gasteiger partial charge < -0.3 is 10.1 Å². The molecule has 0 aliphatic carbocycles. The van der Waals surface area contributed by atoms with Gasteiger partial charge in [0.15, 0.2) is 0 Å². The minimum absolute atomic E-state index is 0.240. The van der Waals surface area contributed by atoms with Crippen LogP contribution in [0.25, 0.3) is 0 Å². The van der Waals surface area contributed by atoms with Crippen LogP contribution in [0.15, 0.2) is 34.5 Å². The summed E-state index contributed by atoms with van der Waals surface area (Å²) in [6, 6.07) is 6.37. The highest BCUT2D eigenvalue weighted by atomic mass is 35.5. The molecule has 0 aliphatic rings. The highest BCUT2D eigenvalue weighted by molar-refractivity contribution is 7.92. The average Bonchev–Trinajstić information content (AvgIpc) is 2.88. The molecule has 0 saturated heterocycles. The Kier molecular flexibility index (Phi) is 5.10. The SMILES string of the molecule is CNCc1cc(S(=O)(=O)Nc2ccc(OC)c(Cl)c2)cs1. The maximum atomic E-state index is 12.3. The van der Waals surface area contributed by atoms with Gasteiger partial charge in [-0.25, -0.2) is 8.42 Å². The van der Waals surface area contributed by atoms with Gasteiger partial charge in [-0.2, -0.15) is 0 Å². The Morgan fingerprint density at radius 3 is 2.71 bits per heavy atom. The van der Waals surface area contributed by atoms with Crippen molar-refractivity contribution in [3.63, 3.8) is 0 Å². The van der Waals surface area contributed by atoms with E-state index in [2.05, 4.69) is 10.0 Å². The van der Waals surface area contributed by atoms with Gasteiger partial charge >= 0.3 is 0 Å². The summed E-state index contributed by atoms with van der Waals surface area (Å²) in [6.07, 6.45) is 0. The molecule has 0 amide bonds. The van der Waals surface area contributed by atoms with E-state index in [1.165, 1.54) is 24.5 Å². The van der Waals surface area contributed by atoms with Crippen LogP contribution in [-0.2, 0) is 16.6 Å². The summed E-state index contributed by atoms with van der Waals surface area (Å²) in [5.74, 6) is 0.492. The van der Waals surface area contributed by atoms with Gasteiger partial charge in [0.05, 0.1) is 22.7 Å². The zero-order valence-corrected chi connectivity index (χ0v) is 13.9. The van der Waals surface area contributed by atoms with Crippen LogP contribution in [0, 0.1) is 0 Å². The minimum Gasteiger partial charge on any atom is -0.495 e. The van der Waals surface area contributed by atoms with Gasteiger partial charge in [0.2, 0.25) is 0 Å². The van der Waals surface area contributed by atoms with Crippen molar-refractivity contribution in [2.45, 2.75) is 11.4 Å². The highest BCUT2D eigenvalue weighted by Gasteiger charge is 2.17. The van der Waals surface area contributed by atoms with Gasteiger partial charge in [-0.1, -0.05) is 11.6 Å². The molecule has 2 aromatic rings. The Morgan fingerprint density at radius 1 is 1.33 bits per heavy atom. The lowest BCUT2D eigenvalue weighted by Gasteiger charge is -2.08. The highest BCUT2D eigenvalue weighted by Crippen LogP contribution is 2.29. The lowest BCUT2D eigenvalue weighted by atomic mass is 10.3. The molecule has 0 bridgehead atoms. The number of thiophene rings is 1. The van der Waals surface area contributed by atoms with Gasteiger partial charge in [-0.3, -0.25) is 4.72 Å². The molecule has 2 rings (SSSR count).